The Kier molecular flexibility index (Phi) is 6.11. The number of nitrogens with zero attached hydrogens (tertiary/aromatic N) is 2. The fourth-order valence-electron chi connectivity index (χ4n) is 1.74. The van der Waals surface area contributed by atoms with E-state index in [2.05, 4.69) is 4.98 Å². The van der Waals surface area contributed by atoms with Gasteiger partial charge in [0, 0.05) is 25.9 Å². The second-order valence-electron chi connectivity index (χ2n) is 4.49. The molecule has 0 aromatic carbocycles. The van der Waals surface area contributed by atoms with Gasteiger partial charge in [-0.25, -0.2) is 9.78 Å². The van der Waals surface area contributed by atoms with Crippen molar-refractivity contribution in [3.05, 3.63) is 29.6 Å². The maximum absolute atomic E-state index is 12.4. The summed E-state index contributed by atoms with van der Waals surface area (Å²) >= 11 is 0. The molecule has 6 nitrogen and oxygen atoms in total. The molecule has 1 rings (SSSR count). The minimum Gasteiger partial charge on any atom is -0.477 e. The number of aromatic carboxylic acids is 1. The standard InChI is InChI=1S/C14H20N2O4/c1-4-10(2)16(7-8-20-3)13(17)11-5-6-12(14(18)19)15-9-11/h5-6,9-10H,4,7-8H2,1-3H3,(H,18,19). The smallest absolute Gasteiger partial charge is 0.354 e. The average molecular weight is 280 g/mol. The molecule has 0 spiro atoms. The molecule has 0 bridgehead atoms. The van der Waals surface area contributed by atoms with Crippen molar-refractivity contribution in [2.45, 2.75) is 26.3 Å². The molecule has 0 aliphatic heterocycles. The highest BCUT2D eigenvalue weighted by Crippen LogP contribution is 2.10. The lowest BCUT2D eigenvalue weighted by Crippen LogP contribution is -2.40. The van der Waals surface area contributed by atoms with E-state index in [1.807, 2.05) is 13.8 Å². The van der Waals surface area contributed by atoms with E-state index in [1.54, 1.807) is 12.0 Å². The van der Waals surface area contributed by atoms with Crippen LogP contribution in [-0.4, -0.2) is 53.2 Å². The first kappa shape index (κ1) is 16.1. The van der Waals surface area contributed by atoms with Crippen molar-refractivity contribution < 1.29 is 19.4 Å². The first-order valence-electron chi connectivity index (χ1n) is 6.50. The van der Waals surface area contributed by atoms with E-state index in [-0.39, 0.29) is 17.6 Å². The summed E-state index contributed by atoms with van der Waals surface area (Å²) in [6.45, 7) is 4.91. The summed E-state index contributed by atoms with van der Waals surface area (Å²) in [5.74, 6) is -1.27. The highest BCUT2D eigenvalue weighted by molar-refractivity contribution is 5.95. The molecule has 1 atom stereocenters. The molecule has 1 amide bonds. The van der Waals surface area contributed by atoms with E-state index in [1.165, 1.54) is 18.3 Å². The van der Waals surface area contributed by atoms with Crippen LogP contribution in [0.2, 0.25) is 0 Å². The Morgan fingerprint density at radius 2 is 2.15 bits per heavy atom. The third kappa shape index (κ3) is 4.03. The van der Waals surface area contributed by atoms with Crippen molar-refractivity contribution in [3.8, 4) is 0 Å². The summed E-state index contributed by atoms with van der Waals surface area (Å²) in [6.07, 6.45) is 2.13. The van der Waals surface area contributed by atoms with Crippen molar-refractivity contribution in [3.63, 3.8) is 0 Å². The van der Waals surface area contributed by atoms with Gasteiger partial charge in [0.05, 0.1) is 12.2 Å². The van der Waals surface area contributed by atoms with Gasteiger partial charge in [-0.05, 0) is 25.5 Å². The number of methoxy groups -OCH3 is 1. The average Bonchev–Trinajstić information content (AvgIpc) is 2.47. The lowest BCUT2D eigenvalue weighted by Gasteiger charge is -2.28. The molecule has 1 unspecified atom stereocenters. The molecule has 0 aliphatic carbocycles. The Balaban J connectivity index is 2.90. The second kappa shape index (κ2) is 7.59. The van der Waals surface area contributed by atoms with E-state index in [0.29, 0.717) is 18.7 Å². The van der Waals surface area contributed by atoms with Crippen LogP contribution in [0.5, 0.6) is 0 Å². The van der Waals surface area contributed by atoms with Gasteiger partial charge in [-0.1, -0.05) is 6.92 Å². The molecule has 6 heteroatoms. The molecule has 1 aromatic heterocycles. The number of carbonyl (C=O) groups is 2. The molecule has 0 saturated heterocycles. The van der Waals surface area contributed by atoms with Crippen molar-refractivity contribution in [2.24, 2.45) is 0 Å². The van der Waals surface area contributed by atoms with Gasteiger partial charge in [-0.2, -0.15) is 0 Å². The van der Waals surface area contributed by atoms with Crippen LogP contribution in [0.15, 0.2) is 18.3 Å². The number of ether oxygens (including phenoxy) is 1. The lowest BCUT2D eigenvalue weighted by atomic mass is 10.1. The molecular formula is C14H20N2O4. The second-order valence-corrected chi connectivity index (χ2v) is 4.49. The summed E-state index contributed by atoms with van der Waals surface area (Å²) in [4.78, 5) is 28.6. The Hall–Kier alpha value is -1.95. The van der Waals surface area contributed by atoms with Gasteiger partial charge in [0.2, 0.25) is 0 Å². The number of hydrogen-bond acceptors (Lipinski definition) is 4. The number of carbonyl (C=O) groups excluding carboxylic acids is 1. The minimum atomic E-state index is -1.11. The van der Waals surface area contributed by atoms with E-state index in [4.69, 9.17) is 9.84 Å². The normalized spacial score (nSPS) is 11.9. The molecule has 110 valence electrons. The zero-order chi connectivity index (χ0) is 15.1. The molecule has 20 heavy (non-hydrogen) atoms. The van der Waals surface area contributed by atoms with E-state index in [0.717, 1.165) is 6.42 Å². The molecule has 0 fully saturated rings. The van der Waals surface area contributed by atoms with Crippen LogP contribution in [0.25, 0.3) is 0 Å². The van der Waals surface area contributed by atoms with Gasteiger partial charge < -0.3 is 14.7 Å². The van der Waals surface area contributed by atoms with Crippen LogP contribution in [0, 0.1) is 0 Å². The third-order valence-corrected chi connectivity index (χ3v) is 3.15. The van der Waals surface area contributed by atoms with E-state index >= 15 is 0 Å². The Morgan fingerprint density at radius 1 is 1.45 bits per heavy atom. The van der Waals surface area contributed by atoms with Crippen LogP contribution in [0.3, 0.4) is 0 Å². The molecular weight excluding hydrogens is 260 g/mol. The number of carboxylic acids is 1. The SMILES string of the molecule is CCC(C)N(CCOC)C(=O)c1ccc(C(=O)O)nc1. The largest absolute Gasteiger partial charge is 0.477 e. The predicted molar refractivity (Wildman–Crippen MR) is 73.9 cm³/mol. The van der Waals surface area contributed by atoms with Crippen molar-refractivity contribution >= 4 is 11.9 Å². The lowest BCUT2D eigenvalue weighted by molar-refractivity contribution is 0.0611. The van der Waals surface area contributed by atoms with E-state index in [9.17, 15) is 9.59 Å². The maximum Gasteiger partial charge on any atom is 0.354 e. The van der Waals surface area contributed by atoms with Gasteiger partial charge in [0.25, 0.3) is 5.91 Å². The molecule has 1 aromatic rings. The van der Waals surface area contributed by atoms with Gasteiger partial charge >= 0.3 is 5.97 Å². The zero-order valence-corrected chi connectivity index (χ0v) is 12.0. The first-order valence-corrected chi connectivity index (χ1v) is 6.50. The summed E-state index contributed by atoms with van der Waals surface area (Å²) < 4.78 is 5.02. The Morgan fingerprint density at radius 3 is 2.60 bits per heavy atom. The van der Waals surface area contributed by atoms with Crippen LogP contribution >= 0.6 is 0 Å². The third-order valence-electron chi connectivity index (χ3n) is 3.15. The van der Waals surface area contributed by atoms with Crippen LogP contribution in [0.4, 0.5) is 0 Å². The molecule has 0 aliphatic rings. The van der Waals surface area contributed by atoms with Crippen LogP contribution in [0.1, 0.15) is 41.1 Å². The minimum absolute atomic E-state index is 0.0754. The van der Waals surface area contributed by atoms with Crippen LogP contribution < -0.4 is 0 Å². The Labute approximate surface area is 118 Å². The zero-order valence-electron chi connectivity index (χ0n) is 12.0. The number of carboxylic acid groups (broad SMARTS) is 1. The van der Waals surface area contributed by atoms with Crippen LogP contribution in [-0.2, 0) is 4.74 Å². The first-order chi connectivity index (χ1) is 9.51. The van der Waals surface area contributed by atoms with Crippen molar-refractivity contribution in [2.75, 3.05) is 20.3 Å². The summed E-state index contributed by atoms with van der Waals surface area (Å²) in [5, 5.41) is 8.79. The number of pyridine rings is 1. The van der Waals surface area contributed by atoms with Gasteiger partial charge in [0.15, 0.2) is 0 Å². The van der Waals surface area contributed by atoms with Gasteiger partial charge in [-0.15, -0.1) is 0 Å². The predicted octanol–water partition coefficient (Wildman–Crippen LogP) is 1.67. The molecule has 0 radical (unpaired) electrons. The summed E-state index contributed by atoms with van der Waals surface area (Å²) in [7, 11) is 1.59. The number of rotatable bonds is 7. The highest BCUT2D eigenvalue weighted by atomic mass is 16.5. The highest BCUT2D eigenvalue weighted by Gasteiger charge is 2.20. The monoisotopic (exact) mass is 280 g/mol. The van der Waals surface area contributed by atoms with Gasteiger partial charge in [0.1, 0.15) is 5.69 Å². The fraction of sp³-hybridized carbons (Fsp3) is 0.500. The summed E-state index contributed by atoms with van der Waals surface area (Å²) in [5.41, 5.74) is 0.305. The summed E-state index contributed by atoms with van der Waals surface area (Å²) in [6, 6.07) is 2.90. The fourth-order valence-corrected chi connectivity index (χ4v) is 1.74. The van der Waals surface area contributed by atoms with Crippen molar-refractivity contribution in [1.82, 2.24) is 9.88 Å². The van der Waals surface area contributed by atoms with Crippen molar-refractivity contribution in [1.29, 1.82) is 0 Å². The van der Waals surface area contributed by atoms with E-state index < -0.39 is 5.97 Å². The number of amides is 1. The number of hydrogen-bond donors (Lipinski definition) is 1. The quantitative estimate of drug-likeness (QED) is 0.821. The maximum atomic E-state index is 12.4. The van der Waals surface area contributed by atoms with Gasteiger partial charge in [-0.3, -0.25) is 4.79 Å². The Bertz CT molecular complexity index is 459. The number of aromatic nitrogens is 1. The molecule has 0 saturated carbocycles. The topological polar surface area (TPSA) is 79.7 Å². The molecule has 1 heterocycles. The molecule has 1 N–H and O–H groups in total.